The molecule has 3 aromatic rings. The van der Waals surface area contributed by atoms with Gasteiger partial charge in [0.2, 0.25) is 0 Å². The lowest BCUT2D eigenvalue weighted by atomic mass is 10.0. The molecule has 0 fully saturated rings. The normalized spacial score (nSPS) is 11.4. The Morgan fingerprint density at radius 1 is 1.12 bits per heavy atom. The molecule has 2 aromatic carbocycles. The first-order valence-corrected chi connectivity index (χ1v) is 8.20. The third-order valence-corrected chi connectivity index (χ3v) is 4.36. The Labute approximate surface area is 151 Å². The standard InChI is InChI=1S/C21H16ClFN2/c1-14-10-17(11-18(13-24)16-4-3-5-20(23)12-16)15(2)25(14)21-8-6-19(22)7-9-21/h3-12H,1-2H3/b18-11+. The van der Waals surface area contributed by atoms with Crippen molar-refractivity contribution < 1.29 is 4.39 Å². The molecule has 0 radical (unpaired) electrons. The summed E-state index contributed by atoms with van der Waals surface area (Å²) in [7, 11) is 0. The summed E-state index contributed by atoms with van der Waals surface area (Å²) in [4.78, 5) is 0. The number of rotatable bonds is 3. The molecule has 0 amide bonds. The van der Waals surface area contributed by atoms with Crippen molar-refractivity contribution in [2.45, 2.75) is 13.8 Å². The van der Waals surface area contributed by atoms with E-state index in [1.54, 1.807) is 18.2 Å². The number of allylic oxidation sites excluding steroid dienone is 1. The fraction of sp³-hybridized carbons (Fsp3) is 0.0952. The van der Waals surface area contributed by atoms with Gasteiger partial charge in [-0.2, -0.15) is 5.26 Å². The second-order valence-corrected chi connectivity index (χ2v) is 6.25. The van der Waals surface area contributed by atoms with Gasteiger partial charge in [-0.05, 0) is 73.5 Å². The monoisotopic (exact) mass is 350 g/mol. The largest absolute Gasteiger partial charge is 0.318 e. The fourth-order valence-electron chi connectivity index (χ4n) is 2.91. The van der Waals surface area contributed by atoms with Gasteiger partial charge in [-0.1, -0.05) is 23.7 Å². The first-order chi connectivity index (χ1) is 12.0. The van der Waals surface area contributed by atoms with E-state index in [2.05, 4.69) is 10.6 Å². The van der Waals surface area contributed by atoms with Gasteiger partial charge in [0.05, 0.1) is 11.6 Å². The second kappa shape index (κ2) is 6.96. The minimum atomic E-state index is -0.356. The maximum absolute atomic E-state index is 13.5. The molecule has 124 valence electrons. The van der Waals surface area contributed by atoms with Gasteiger partial charge in [0.25, 0.3) is 0 Å². The molecule has 1 heterocycles. The van der Waals surface area contributed by atoms with E-state index in [4.69, 9.17) is 11.6 Å². The van der Waals surface area contributed by atoms with E-state index in [0.29, 0.717) is 16.2 Å². The molecule has 4 heteroatoms. The second-order valence-electron chi connectivity index (χ2n) is 5.82. The van der Waals surface area contributed by atoms with Gasteiger partial charge in [-0.3, -0.25) is 0 Å². The van der Waals surface area contributed by atoms with E-state index < -0.39 is 0 Å². The Kier molecular flexibility index (Phi) is 4.74. The quantitative estimate of drug-likeness (QED) is 0.536. The van der Waals surface area contributed by atoms with Crippen molar-refractivity contribution in [2.24, 2.45) is 0 Å². The summed E-state index contributed by atoms with van der Waals surface area (Å²) < 4.78 is 15.6. The zero-order valence-corrected chi connectivity index (χ0v) is 14.7. The highest BCUT2D eigenvalue weighted by Crippen LogP contribution is 2.26. The highest BCUT2D eigenvalue weighted by Gasteiger charge is 2.11. The first-order valence-electron chi connectivity index (χ1n) is 7.82. The number of nitrogens with zero attached hydrogens (tertiary/aromatic N) is 2. The van der Waals surface area contributed by atoms with Gasteiger partial charge in [0.15, 0.2) is 0 Å². The number of benzene rings is 2. The molecule has 0 saturated carbocycles. The van der Waals surface area contributed by atoms with Crippen molar-refractivity contribution in [3.8, 4) is 11.8 Å². The van der Waals surface area contributed by atoms with Gasteiger partial charge >= 0.3 is 0 Å². The van der Waals surface area contributed by atoms with Crippen LogP contribution in [0.15, 0.2) is 54.6 Å². The SMILES string of the molecule is Cc1cc(/C=C(\C#N)c2cccc(F)c2)c(C)n1-c1ccc(Cl)cc1. The minimum Gasteiger partial charge on any atom is -0.318 e. The molecular weight excluding hydrogens is 335 g/mol. The Morgan fingerprint density at radius 3 is 2.48 bits per heavy atom. The van der Waals surface area contributed by atoms with Crippen molar-refractivity contribution in [1.29, 1.82) is 5.26 Å². The summed E-state index contributed by atoms with van der Waals surface area (Å²) in [6.45, 7) is 4.00. The molecular formula is C21H16ClFN2. The van der Waals surface area contributed by atoms with E-state index in [1.807, 2.05) is 44.2 Å². The van der Waals surface area contributed by atoms with Gasteiger partial charge in [-0.25, -0.2) is 4.39 Å². The van der Waals surface area contributed by atoms with Crippen molar-refractivity contribution >= 4 is 23.3 Å². The van der Waals surface area contributed by atoms with Crippen LogP contribution in [0.2, 0.25) is 5.02 Å². The smallest absolute Gasteiger partial charge is 0.123 e. The van der Waals surface area contributed by atoms with Gasteiger partial charge in [0, 0.05) is 22.1 Å². The highest BCUT2D eigenvalue weighted by molar-refractivity contribution is 6.30. The summed E-state index contributed by atoms with van der Waals surface area (Å²) in [5, 5.41) is 10.2. The minimum absolute atomic E-state index is 0.356. The Hall–Kier alpha value is -2.83. The molecule has 0 aliphatic rings. The van der Waals surface area contributed by atoms with E-state index in [1.165, 1.54) is 12.1 Å². The van der Waals surface area contributed by atoms with E-state index in [-0.39, 0.29) is 5.82 Å². The maximum atomic E-state index is 13.5. The third kappa shape index (κ3) is 3.50. The summed E-state index contributed by atoms with van der Waals surface area (Å²) in [5.41, 5.74) is 4.97. The number of hydrogen-bond donors (Lipinski definition) is 0. The number of aryl methyl sites for hydroxylation is 1. The van der Waals surface area contributed by atoms with Crippen LogP contribution < -0.4 is 0 Å². The van der Waals surface area contributed by atoms with Crippen LogP contribution in [0.3, 0.4) is 0 Å². The summed E-state index contributed by atoms with van der Waals surface area (Å²) in [6.07, 6.45) is 1.80. The highest BCUT2D eigenvalue weighted by atomic mass is 35.5. The lowest BCUT2D eigenvalue weighted by Gasteiger charge is -2.09. The van der Waals surface area contributed by atoms with E-state index in [9.17, 15) is 9.65 Å². The number of hydrogen-bond acceptors (Lipinski definition) is 1. The predicted molar refractivity (Wildman–Crippen MR) is 100 cm³/mol. The first kappa shape index (κ1) is 17.0. The molecule has 0 spiro atoms. The maximum Gasteiger partial charge on any atom is 0.123 e. The zero-order chi connectivity index (χ0) is 18.0. The van der Waals surface area contributed by atoms with Crippen molar-refractivity contribution in [1.82, 2.24) is 4.57 Å². The van der Waals surface area contributed by atoms with Crippen LogP contribution in [-0.4, -0.2) is 4.57 Å². The molecule has 0 atom stereocenters. The number of halogens is 2. The van der Waals surface area contributed by atoms with Gasteiger partial charge in [-0.15, -0.1) is 0 Å². The summed E-state index contributed by atoms with van der Waals surface area (Å²) in [6, 6.07) is 17.8. The van der Waals surface area contributed by atoms with Crippen LogP contribution in [0.25, 0.3) is 17.3 Å². The molecule has 25 heavy (non-hydrogen) atoms. The number of aromatic nitrogens is 1. The topological polar surface area (TPSA) is 28.7 Å². The lowest BCUT2D eigenvalue weighted by molar-refractivity contribution is 0.627. The summed E-state index contributed by atoms with van der Waals surface area (Å²) in [5.74, 6) is -0.356. The third-order valence-electron chi connectivity index (χ3n) is 4.11. The molecule has 2 nitrogen and oxygen atoms in total. The molecule has 0 bridgehead atoms. The van der Waals surface area contributed by atoms with Gasteiger partial charge < -0.3 is 4.57 Å². The van der Waals surface area contributed by atoms with Crippen LogP contribution in [0.1, 0.15) is 22.5 Å². The zero-order valence-electron chi connectivity index (χ0n) is 13.9. The Balaban J connectivity index is 2.08. The average molecular weight is 351 g/mol. The molecule has 0 aliphatic heterocycles. The molecule has 0 unspecified atom stereocenters. The molecule has 3 rings (SSSR count). The molecule has 1 aromatic heterocycles. The van der Waals surface area contributed by atoms with Crippen molar-refractivity contribution in [3.05, 3.63) is 88.0 Å². The Morgan fingerprint density at radius 2 is 1.84 bits per heavy atom. The van der Waals surface area contributed by atoms with Crippen molar-refractivity contribution in [3.63, 3.8) is 0 Å². The van der Waals surface area contributed by atoms with E-state index in [0.717, 1.165) is 22.6 Å². The lowest BCUT2D eigenvalue weighted by Crippen LogP contribution is -1.98. The summed E-state index contributed by atoms with van der Waals surface area (Å²) >= 11 is 5.97. The van der Waals surface area contributed by atoms with Gasteiger partial charge in [0.1, 0.15) is 5.82 Å². The van der Waals surface area contributed by atoms with Crippen LogP contribution in [0.4, 0.5) is 4.39 Å². The fourth-order valence-corrected chi connectivity index (χ4v) is 3.04. The molecule has 0 aliphatic carbocycles. The van der Waals surface area contributed by atoms with Crippen LogP contribution in [-0.2, 0) is 0 Å². The van der Waals surface area contributed by atoms with Crippen LogP contribution in [0.5, 0.6) is 0 Å². The van der Waals surface area contributed by atoms with Crippen LogP contribution in [0, 0.1) is 31.0 Å². The molecule has 0 N–H and O–H groups in total. The van der Waals surface area contributed by atoms with E-state index >= 15 is 0 Å². The average Bonchev–Trinajstić information content (AvgIpc) is 2.87. The van der Waals surface area contributed by atoms with Crippen LogP contribution >= 0.6 is 11.6 Å². The molecule has 0 saturated heterocycles. The van der Waals surface area contributed by atoms with Crippen molar-refractivity contribution in [2.75, 3.05) is 0 Å². The number of nitriles is 1. The predicted octanol–water partition coefficient (Wildman–Crippen LogP) is 5.95. The Bertz CT molecular complexity index is 992.